The zero-order chi connectivity index (χ0) is 19.5. The maximum absolute atomic E-state index is 12.7. The van der Waals surface area contributed by atoms with E-state index >= 15 is 0 Å². The van der Waals surface area contributed by atoms with E-state index in [1.54, 1.807) is 6.21 Å². The highest BCUT2D eigenvalue weighted by Crippen LogP contribution is 2.25. The Bertz CT molecular complexity index is 1190. The third-order valence-electron chi connectivity index (χ3n) is 4.53. The fraction of sp³-hybridized carbons (Fsp3) is 0.136. The first kappa shape index (κ1) is 18.1. The predicted molar refractivity (Wildman–Crippen MR) is 114 cm³/mol. The van der Waals surface area contributed by atoms with Crippen molar-refractivity contribution in [3.63, 3.8) is 0 Å². The summed E-state index contributed by atoms with van der Waals surface area (Å²) in [5.41, 5.74) is 2.82. The van der Waals surface area contributed by atoms with Gasteiger partial charge in [0.25, 0.3) is 5.56 Å². The van der Waals surface area contributed by atoms with E-state index in [9.17, 15) is 4.79 Å². The molecule has 0 fully saturated rings. The quantitative estimate of drug-likeness (QED) is 0.471. The van der Waals surface area contributed by atoms with Crippen LogP contribution in [-0.2, 0) is 6.61 Å². The Kier molecular flexibility index (Phi) is 5.04. The van der Waals surface area contributed by atoms with Crippen LogP contribution in [0.15, 0.2) is 70.8 Å². The van der Waals surface area contributed by atoms with Gasteiger partial charge in [0, 0.05) is 4.88 Å². The third-order valence-corrected chi connectivity index (χ3v) is 5.65. The van der Waals surface area contributed by atoms with Gasteiger partial charge in [-0.1, -0.05) is 30.3 Å². The summed E-state index contributed by atoms with van der Waals surface area (Å²) >= 11 is 1.53. The molecule has 2 heterocycles. The van der Waals surface area contributed by atoms with Gasteiger partial charge in [-0.25, -0.2) is 4.98 Å². The highest BCUT2D eigenvalue weighted by Gasteiger charge is 2.11. The second-order valence-electron chi connectivity index (χ2n) is 6.45. The van der Waals surface area contributed by atoms with Crippen molar-refractivity contribution in [3.05, 3.63) is 92.8 Å². The molecular weight excluding hydrogens is 370 g/mol. The van der Waals surface area contributed by atoms with Crippen LogP contribution in [-0.4, -0.2) is 15.9 Å². The minimum atomic E-state index is -0.147. The molecule has 140 valence electrons. The van der Waals surface area contributed by atoms with Crippen molar-refractivity contribution in [3.8, 4) is 5.75 Å². The maximum atomic E-state index is 12.7. The van der Waals surface area contributed by atoms with Crippen LogP contribution in [0.4, 0.5) is 0 Å². The first-order valence-electron chi connectivity index (χ1n) is 8.90. The van der Waals surface area contributed by atoms with Gasteiger partial charge in [0.05, 0.1) is 11.6 Å². The number of thiophene rings is 1. The lowest BCUT2D eigenvalue weighted by atomic mass is 10.2. The molecule has 2 aromatic carbocycles. The summed E-state index contributed by atoms with van der Waals surface area (Å²) in [6.07, 6.45) is 3.11. The summed E-state index contributed by atoms with van der Waals surface area (Å²) in [5.74, 6) is 0.783. The van der Waals surface area contributed by atoms with Crippen molar-refractivity contribution in [2.75, 3.05) is 0 Å². The average Bonchev–Trinajstić information content (AvgIpc) is 3.02. The molecule has 0 unspecified atom stereocenters. The second-order valence-corrected chi connectivity index (χ2v) is 7.65. The molecule has 0 saturated heterocycles. The van der Waals surface area contributed by atoms with Gasteiger partial charge in [0.15, 0.2) is 0 Å². The summed E-state index contributed by atoms with van der Waals surface area (Å²) in [7, 11) is 0. The van der Waals surface area contributed by atoms with Gasteiger partial charge in [-0.2, -0.15) is 9.78 Å². The first-order chi connectivity index (χ1) is 13.6. The summed E-state index contributed by atoms with van der Waals surface area (Å²) in [6, 6.07) is 17.6. The lowest BCUT2D eigenvalue weighted by Crippen LogP contribution is -2.16. The zero-order valence-corrected chi connectivity index (χ0v) is 16.4. The van der Waals surface area contributed by atoms with Gasteiger partial charge in [-0.05, 0) is 54.8 Å². The number of rotatable bonds is 5. The Morgan fingerprint density at radius 2 is 1.86 bits per heavy atom. The molecule has 0 spiro atoms. The largest absolute Gasteiger partial charge is 0.489 e. The van der Waals surface area contributed by atoms with Gasteiger partial charge in [0.2, 0.25) is 0 Å². The fourth-order valence-electron chi connectivity index (χ4n) is 2.83. The predicted octanol–water partition coefficient (Wildman–Crippen LogP) is 4.54. The van der Waals surface area contributed by atoms with Crippen molar-refractivity contribution in [1.82, 2.24) is 9.66 Å². The Morgan fingerprint density at radius 1 is 1.11 bits per heavy atom. The van der Waals surface area contributed by atoms with Crippen LogP contribution in [0.1, 0.15) is 21.6 Å². The van der Waals surface area contributed by atoms with Crippen LogP contribution >= 0.6 is 11.3 Å². The monoisotopic (exact) mass is 389 g/mol. The van der Waals surface area contributed by atoms with Crippen molar-refractivity contribution in [2.45, 2.75) is 20.5 Å². The second kappa shape index (κ2) is 7.78. The molecule has 0 aliphatic rings. The average molecular weight is 389 g/mol. The van der Waals surface area contributed by atoms with E-state index in [2.05, 4.69) is 10.1 Å². The van der Waals surface area contributed by atoms with Crippen LogP contribution in [0.25, 0.3) is 10.2 Å². The molecule has 0 saturated carbocycles. The van der Waals surface area contributed by atoms with E-state index in [1.165, 1.54) is 22.3 Å². The zero-order valence-electron chi connectivity index (χ0n) is 15.6. The van der Waals surface area contributed by atoms with Gasteiger partial charge >= 0.3 is 0 Å². The Hall–Kier alpha value is -3.25. The van der Waals surface area contributed by atoms with E-state index in [0.717, 1.165) is 32.1 Å². The van der Waals surface area contributed by atoms with E-state index in [1.807, 2.05) is 68.4 Å². The molecule has 4 rings (SSSR count). The molecule has 28 heavy (non-hydrogen) atoms. The van der Waals surface area contributed by atoms with Gasteiger partial charge in [0.1, 0.15) is 23.5 Å². The van der Waals surface area contributed by atoms with Crippen molar-refractivity contribution >= 4 is 27.8 Å². The van der Waals surface area contributed by atoms with Crippen molar-refractivity contribution in [1.29, 1.82) is 0 Å². The fourth-order valence-corrected chi connectivity index (χ4v) is 3.82. The van der Waals surface area contributed by atoms with E-state index in [-0.39, 0.29) is 5.56 Å². The topological polar surface area (TPSA) is 56.5 Å². The van der Waals surface area contributed by atoms with Crippen molar-refractivity contribution in [2.24, 2.45) is 5.10 Å². The summed E-state index contributed by atoms with van der Waals surface area (Å²) < 4.78 is 7.06. The van der Waals surface area contributed by atoms with Gasteiger partial charge < -0.3 is 4.74 Å². The van der Waals surface area contributed by atoms with Crippen molar-refractivity contribution < 1.29 is 4.74 Å². The molecule has 0 atom stereocenters. The summed E-state index contributed by atoms with van der Waals surface area (Å²) in [6.45, 7) is 4.46. The van der Waals surface area contributed by atoms with Gasteiger partial charge in [-0.3, -0.25) is 4.79 Å². The van der Waals surface area contributed by atoms with Crippen LogP contribution < -0.4 is 10.3 Å². The normalized spacial score (nSPS) is 11.4. The minimum absolute atomic E-state index is 0.147. The Labute approximate surface area is 166 Å². The van der Waals surface area contributed by atoms with Crippen LogP contribution in [0, 0.1) is 13.8 Å². The molecule has 0 radical (unpaired) electrons. The van der Waals surface area contributed by atoms with Crippen LogP contribution in [0.5, 0.6) is 5.75 Å². The molecule has 0 bridgehead atoms. The molecular formula is C22H19N3O2S. The number of fused-ring (bicyclic) bond motifs is 1. The molecule has 0 aliphatic carbocycles. The van der Waals surface area contributed by atoms with Crippen LogP contribution in [0.3, 0.4) is 0 Å². The number of hydrogen-bond donors (Lipinski definition) is 0. The molecule has 2 aromatic heterocycles. The van der Waals surface area contributed by atoms with E-state index in [0.29, 0.717) is 12.0 Å². The number of hydrogen-bond acceptors (Lipinski definition) is 5. The SMILES string of the molecule is Cc1sc2ncn(/N=C/c3ccc(OCc4ccccc4)cc3)c(=O)c2c1C. The lowest BCUT2D eigenvalue weighted by Gasteiger charge is -2.06. The Balaban J connectivity index is 1.49. The molecule has 0 aliphatic heterocycles. The molecule has 4 aromatic rings. The third kappa shape index (κ3) is 3.73. The molecule has 0 amide bonds. The van der Waals surface area contributed by atoms with Gasteiger partial charge in [-0.15, -0.1) is 11.3 Å². The summed E-state index contributed by atoms with van der Waals surface area (Å²) in [4.78, 5) is 18.9. The maximum Gasteiger partial charge on any atom is 0.282 e. The highest BCUT2D eigenvalue weighted by atomic mass is 32.1. The first-order valence-corrected chi connectivity index (χ1v) is 9.72. The number of aromatic nitrogens is 2. The van der Waals surface area contributed by atoms with E-state index < -0.39 is 0 Å². The van der Waals surface area contributed by atoms with E-state index in [4.69, 9.17) is 4.74 Å². The molecule has 0 N–H and O–H groups in total. The Morgan fingerprint density at radius 3 is 2.61 bits per heavy atom. The highest BCUT2D eigenvalue weighted by molar-refractivity contribution is 7.18. The standard InChI is InChI=1S/C22H19N3O2S/c1-15-16(2)28-21-20(15)22(26)25(14-23-21)24-12-17-8-10-19(11-9-17)27-13-18-6-4-3-5-7-18/h3-12,14H,13H2,1-2H3/b24-12+. The molecule has 5 nitrogen and oxygen atoms in total. The number of ether oxygens (including phenoxy) is 1. The smallest absolute Gasteiger partial charge is 0.282 e. The number of nitrogens with zero attached hydrogens (tertiary/aromatic N) is 3. The number of benzene rings is 2. The summed E-state index contributed by atoms with van der Waals surface area (Å²) in [5, 5.41) is 4.93. The van der Waals surface area contributed by atoms with Crippen LogP contribution in [0.2, 0.25) is 0 Å². The molecule has 6 heteroatoms. The minimum Gasteiger partial charge on any atom is -0.489 e. The lowest BCUT2D eigenvalue weighted by molar-refractivity contribution is 0.306. The number of aryl methyl sites for hydroxylation is 2.